The highest BCUT2D eigenvalue weighted by molar-refractivity contribution is 7.80. The van der Waals surface area contributed by atoms with Gasteiger partial charge in [-0.05, 0) is 98.7 Å². The molecule has 1 radical (unpaired) electrons. The fourth-order valence-corrected chi connectivity index (χ4v) is 8.45. The van der Waals surface area contributed by atoms with Crippen molar-refractivity contribution in [3.05, 3.63) is 137 Å². The summed E-state index contributed by atoms with van der Waals surface area (Å²) >= 11 is 8.43. The predicted molar refractivity (Wildman–Crippen MR) is 287 cm³/mol. The van der Waals surface area contributed by atoms with E-state index in [1.807, 2.05) is 24.3 Å². The Morgan fingerprint density at radius 1 is 0.581 bits per heavy atom. The molecule has 1 aromatic heterocycles. The largest absolute Gasteiger partial charge is 0.508 e. The van der Waals surface area contributed by atoms with Gasteiger partial charge in [-0.3, -0.25) is 33.6 Å². The maximum atomic E-state index is 14.6. The van der Waals surface area contributed by atoms with Crippen LogP contribution in [0.2, 0.25) is 0 Å². The van der Waals surface area contributed by atoms with Gasteiger partial charge in [-0.15, -0.1) is 0 Å². The molecule has 4 aromatic carbocycles. The topological polar surface area (TPSA) is 320 Å². The number of para-hydroxylation sites is 1. The van der Waals surface area contributed by atoms with E-state index < -0.39 is 89.6 Å². The van der Waals surface area contributed by atoms with Gasteiger partial charge in [-0.2, -0.15) is 25.3 Å². The number of aromatic nitrogens is 1. The van der Waals surface area contributed by atoms with Crippen LogP contribution in [-0.4, -0.2) is 128 Å². The summed E-state index contributed by atoms with van der Waals surface area (Å²) in [6.45, 7) is 3.14. The Kier molecular flexibility index (Phi) is 22.3. The summed E-state index contributed by atoms with van der Waals surface area (Å²) in [6.07, 6.45) is 0.805. The van der Waals surface area contributed by atoms with E-state index in [4.69, 9.17) is 11.5 Å². The number of nitrogens with one attached hydrogen (secondary N) is 7. The molecule has 0 fully saturated rings. The van der Waals surface area contributed by atoms with Gasteiger partial charge in [0.15, 0.2) is 5.78 Å². The highest BCUT2D eigenvalue weighted by Crippen LogP contribution is 2.22. The predicted octanol–water partition coefficient (Wildman–Crippen LogP) is 1.42. The van der Waals surface area contributed by atoms with Crippen molar-refractivity contribution in [3.8, 4) is 11.5 Å². The number of aliphatic hydroxyl groups excluding tert-OH is 1. The number of ketones is 1. The number of benzene rings is 4. The summed E-state index contributed by atoms with van der Waals surface area (Å²) in [6, 6.07) is 19.0. The average Bonchev–Trinajstić information content (AvgIpc) is 3.81. The second-order valence-electron chi connectivity index (χ2n) is 17.9. The van der Waals surface area contributed by atoms with Gasteiger partial charge in [0.25, 0.3) is 0 Å². The molecule has 6 amide bonds. The summed E-state index contributed by atoms with van der Waals surface area (Å²) in [5.41, 5.74) is 15.0. The number of unbranched alkanes of at least 4 members (excludes halogenated alkanes) is 1. The molecule has 0 bridgehead atoms. The molecule has 21 heteroatoms. The van der Waals surface area contributed by atoms with Crippen molar-refractivity contribution in [3.63, 3.8) is 0 Å². The molecule has 5 aromatic rings. The van der Waals surface area contributed by atoms with Crippen LogP contribution >= 0.6 is 25.3 Å². The Bertz CT molecular complexity index is 2670. The lowest BCUT2D eigenvalue weighted by molar-refractivity contribution is -0.136. The molecule has 0 aliphatic rings. The number of Topliss-reactive ketones (excluding diaryl/α,β-unsaturated/α-hetero) is 1. The van der Waals surface area contributed by atoms with Crippen LogP contribution in [0.1, 0.15) is 55.4 Å². The zero-order valence-electron chi connectivity index (χ0n) is 41.1. The van der Waals surface area contributed by atoms with Gasteiger partial charge in [0.1, 0.15) is 41.7 Å². The molecule has 19 nitrogen and oxygen atoms in total. The molecular weight excluding hydrogens is 987 g/mol. The highest BCUT2D eigenvalue weighted by atomic mass is 32.1. The van der Waals surface area contributed by atoms with E-state index in [0.717, 1.165) is 10.9 Å². The monoisotopic (exact) mass is 1050 g/mol. The standard InChI is InChI=1S/C53H66N9O10S2/c1-30(34-10-4-3-5-11-34)47(66)42(24-32-15-19-36(64)20-16-32)58-52(71)45(29-74)61-53(72)46(31(2)63)62-49(68)41(14-8-9-23-54)57-51(70)44(26-35-27-56-40-13-7-6-12-38(35)40)60-50(69)43(59-48(67)39(55)28-73)25-33-17-21-37(65)22-18-33/h3-7,10-13,15-22,27,31,39,41-46,56,63-65,73-74H,8-9,14,23-26,28-29,54-55H2,1-2H3,(H,57,70)(H,58,71)(H,59,67)(H,60,69)(H,61,72)(H,62,68)/t31-,39?,41?,42-,43?,44-,45+,46+/m1/s1. The number of aromatic hydroxyl groups is 2. The molecule has 5 rings (SSSR count). The number of carbonyl (C=O) groups excluding carboxylic acids is 7. The number of aliphatic hydroxyl groups is 1. The normalized spacial score (nSPS) is 14.5. The molecule has 14 N–H and O–H groups in total. The van der Waals surface area contributed by atoms with Crippen LogP contribution in [0.15, 0.2) is 109 Å². The summed E-state index contributed by atoms with van der Waals surface area (Å²) in [5.74, 6) is -5.23. The van der Waals surface area contributed by atoms with Crippen LogP contribution in [0.5, 0.6) is 11.5 Å². The van der Waals surface area contributed by atoms with E-state index in [-0.39, 0.29) is 55.2 Å². The number of phenols is 2. The molecule has 0 aliphatic heterocycles. The zero-order valence-corrected chi connectivity index (χ0v) is 42.9. The Balaban J connectivity index is 1.37. The van der Waals surface area contributed by atoms with Gasteiger partial charge in [0.05, 0.1) is 24.1 Å². The first kappa shape index (κ1) is 58.0. The fraction of sp³-hybridized carbons (Fsp3) is 0.358. The lowest BCUT2D eigenvalue weighted by atomic mass is 9.89. The smallest absolute Gasteiger partial charge is 0.245 e. The number of thiol groups is 2. The van der Waals surface area contributed by atoms with Crippen LogP contribution in [0.25, 0.3) is 10.9 Å². The van der Waals surface area contributed by atoms with Crippen LogP contribution < -0.4 is 43.4 Å². The molecule has 395 valence electrons. The van der Waals surface area contributed by atoms with E-state index >= 15 is 0 Å². The van der Waals surface area contributed by atoms with E-state index in [0.29, 0.717) is 41.0 Å². The minimum atomic E-state index is -1.68. The van der Waals surface area contributed by atoms with Crippen molar-refractivity contribution < 1.29 is 48.9 Å². The Labute approximate surface area is 440 Å². The third kappa shape index (κ3) is 16.8. The third-order valence-electron chi connectivity index (χ3n) is 12.3. The van der Waals surface area contributed by atoms with Gasteiger partial charge in [0.2, 0.25) is 35.4 Å². The van der Waals surface area contributed by atoms with Gasteiger partial charge < -0.3 is 63.7 Å². The van der Waals surface area contributed by atoms with Gasteiger partial charge in [0, 0.05) is 41.4 Å². The number of H-pyrrole nitrogens is 1. The van der Waals surface area contributed by atoms with Crippen LogP contribution in [0.3, 0.4) is 0 Å². The number of aromatic amines is 1. The van der Waals surface area contributed by atoms with Crippen molar-refractivity contribution in [2.75, 3.05) is 18.1 Å². The summed E-state index contributed by atoms with van der Waals surface area (Å²) < 4.78 is 0. The average molecular weight is 1050 g/mol. The fourth-order valence-electron chi connectivity index (χ4n) is 8.03. The number of hydrogen-bond acceptors (Lipinski definition) is 14. The number of hydrogen-bond donors (Lipinski definition) is 14. The number of rotatable bonds is 28. The maximum Gasteiger partial charge on any atom is 0.245 e. The van der Waals surface area contributed by atoms with Crippen LogP contribution in [0.4, 0.5) is 0 Å². The minimum Gasteiger partial charge on any atom is -0.508 e. The van der Waals surface area contributed by atoms with Gasteiger partial charge >= 0.3 is 0 Å². The zero-order chi connectivity index (χ0) is 53.9. The molecule has 0 saturated carbocycles. The Morgan fingerprint density at radius 2 is 1.08 bits per heavy atom. The van der Waals surface area contributed by atoms with Crippen molar-refractivity contribution in [2.45, 2.75) is 101 Å². The number of carbonyl (C=O) groups is 7. The van der Waals surface area contributed by atoms with Crippen LogP contribution in [-0.2, 0) is 52.8 Å². The molecule has 0 saturated heterocycles. The molecular formula is C53H66N9O10S2. The Morgan fingerprint density at radius 3 is 1.66 bits per heavy atom. The highest BCUT2D eigenvalue weighted by Gasteiger charge is 2.36. The minimum absolute atomic E-state index is 0.00929. The second kappa shape index (κ2) is 28.5. The molecule has 74 heavy (non-hydrogen) atoms. The number of phenolic OH excluding ortho intramolecular Hbond substituents is 2. The third-order valence-corrected chi connectivity index (χ3v) is 13.1. The number of fused-ring (bicyclic) bond motifs is 1. The second-order valence-corrected chi connectivity index (χ2v) is 18.7. The van der Waals surface area contributed by atoms with Crippen molar-refractivity contribution >= 4 is 77.4 Å². The molecule has 1 heterocycles. The first-order valence-corrected chi connectivity index (χ1v) is 25.4. The van der Waals surface area contributed by atoms with Crippen molar-refractivity contribution in [1.82, 2.24) is 36.9 Å². The Hall–Kier alpha value is -6.91. The maximum absolute atomic E-state index is 14.6. The van der Waals surface area contributed by atoms with Crippen molar-refractivity contribution in [2.24, 2.45) is 11.5 Å². The van der Waals surface area contributed by atoms with Crippen molar-refractivity contribution in [1.29, 1.82) is 0 Å². The number of nitrogens with two attached hydrogens (primary N) is 2. The first-order valence-electron chi connectivity index (χ1n) is 24.1. The van der Waals surface area contributed by atoms with E-state index in [9.17, 15) is 48.9 Å². The number of amides is 6. The summed E-state index contributed by atoms with van der Waals surface area (Å²) in [7, 11) is 0. The van der Waals surface area contributed by atoms with Crippen LogP contribution in [0, 0.1) is 5.92 Å². The lowest BCUT2D eigenvalue weighted by Crippen LogP contribution is -2.62. The van der Waals surface area contributed by atoms with Gasteiger partial charge in [-0.1, -0.05) is 72.8 Å². The SMILES string of the molecule is C[C](C(=O)[C@@H](Cc1ccc(O)cc1)NC(=O)[C@H](CS)NC(=O)[C@@H](NC(=O)C(CCCCN)NC(=O)[C@@H](Cc1c[nH]c2ccccc12)NC(=O)C(Cc1ccc(O)cc1)NC(=O)C(N)CS)[C@@H](C)O)c1ccccc1. The molecule has 0 aliphatic carbocycles. The molecule has 3 unspecified atom stereocenters. The first-order chi connectivity index (χ1) is 35.4. The molecule has 0 spiro atoms. The van der Waals surface area contributed by atoms with E-state index in [2.05, 4.69) is 62.1 Å². The lowest BCUT2D eigenvalue weighted by Gasteiger charge is -2.28. The summed E-state index contributed by atoms with van der Waals surface area (Å²) in [5, 5.41) is 47.4. The van der Waals surface area contributed by atoms with E-state index in [1.54, 1.807) is 67.7 Å². The van der Waals surface area contributed by atoms with Gasteiger partial charge in [-0.25, -0.2) is 0 Å². The quantitative estimate of drug-likeness (QED) is 0.0250. The molecule has 8 atom stereocenters. The van der Waals surface area contributed by atoms with E-state index in [1.165, 1.54) is 31.2 Å². The summed E-state index contributed by atoms with van der Waals surface area (Å²) in [4.78, 5) is 101.